The first-order valence-electron chi connectivity index (χ1n) is 6.64. The van der Waals surface area contributed by atoms with Crippen LogP contribution in [0.2, 0.25) is 0 Å². The molecule has 0 radical (unpaired) electrons. The second-order valence-corrected chi connectivity index (χ2v) is 5.26. The minimum atomic E-state index is -0.225. The minimum absolute atomic E-state index is 0.225. The highest BCUT2D eigenvalue weighted by atomic mass is 16.3. The molecule has 18 heavy (non-hydrogen) atoms. The van der Waals surface area contributed by atoms with Crippen LogP contribution in [0.25, 0.3) is 0 Å². The minimum Gasteiger partial charge on any atom is -0.391 e. The van der Waals surface area contributed by atoms with Gasteiger partial charge < -0.3 is 15.3 Å². The fourth-order valence-corrected chi connectivity index (χ4v) is 2.06. The number of aliphatic hydroxyl groups is 1. The molecule has 5 nitrogen and oxygen atoms in total. The van der Waals surface area contributed by atoms with Crippen molar-refractivity contribution < 1.29 is 5.11 Å². The molecular weight excluding hydrogens is 228 g/mol. The summed E-state index contributed by atoms with van der Waals surface area (Å²) in [6.07, 6.45) is 3.30. The maximum atomic E-state index is 9.53. The molecule has 1 aromatic rings. The number of nitrogens with one attached hydrogen (secondary N) is 1. The van der Waals surface area contributed by atoms with E-state index >= 15 is 0 Å². The molecule has 1 aliphatic heterocycles. The Morgan fingerprint density at radius 3 is 3.00 bits per heavy atom. The smallest absolute Gasteiger partial charge is 0.134 e. The molecule has 1 aliphatic rings. The van der Waals surface area contributed by atoms with Crippen LogP contribution in [0.5, 0.6) is 0 Å². The van der Waals surface area contributed by atoms with E-state index in [1.807, 2.05) is 6.07 Å². The monoisotopic (exact) mass is 250 g/mol. The lowest BCUT2D eigenvalue weighted by Crippen LogP contribution is -2.22. The molecule has 0 spiro atoms. The average Bonchev–Trinajstić information content (AvgIpc) is 2.76. The topological polar surface area (TPSA) is 61.3 Å². The van der Waals surface area contributed by atoms with Gasteiger partial charge >= 0.3 is 0 Å². The Balaban J connectivity index is 1.92. The summed E-state index contributed by atoms with van der Waals surface area (Å²) in [4.78, 5) is 10.6. The van der Waals surface area contributed by atoms with Crippen molar-refractivity contribution >= 4 is 11.6 Å². The molecule has 5 heteroatoms. The summed E-state index contributed by atoms with van der Waals surface area (Å²) in [7, 11) is 0. The zero-order valence-electron chi connectivity index (χ0n) is 11.1. The highest BCUT2D eigenvalue weighted by Crippen LogP contribution is 2.19. The van der Waals surface area contributed by atoms with Crippen molar-refractivity contribution in [3.05, 3.63) is 12.4 Å². The Bertz CT molecular complexity index is 383. The largest absolute Gasteiger partial charge is 0.391 e. The number of aromatic nitrogens is 2. The third-order valence-corrected chi connectivity index (χ3v) is 3.17. The van der Waals surface area contributed by atoms with Gasteiger partial charge in [-0.05, 0) is 18.8 Å². The number of anilines is 2. The Morgan fingerprint density at radius 1 is 1.50 bits per heavy atom. The maximum Gasteiger partial charge on any atom is 0.134 e. The van der Waals surface area contributed by atoms with Gasteiger partial charge in [-0.3, -0.25) is 0 Å². The Labute approximate surface area is 108 Å². The zero-order chi connectivity index (χ0) is 13.0. The average molecular weight is 250 g/mol. The van der Waals surface area contributed by atoms with E-state index < -0.39 is 0 Å². The van der Waals surface area contributed by atoms with Crippen molar-refractivity contribution in [2.45, 2.75) is 32.8 Å². The Hall–Kier alpha value is -1.36. The van der Waals surface area contributed by atoms with Crippen LogP contribution in [0, 0.1) is 5.92 Å². The molecule has 2 N–H and O–H groups in total. The predicted octanol–water partition coefficient (Wildman–Crippen LogP) is 1.51. The van der Waals surface area contributed by atoms with Crippen molar-refractivity contribution in [3.63, 3.8) is 0 Å². The number of rotatable bonds is 5. The fourth-order valence-electron chi connectivity index (χ4n) is 2.06. The number of nitrogens with zero attached hydrogens (tertiary/aromatic N) is 3. The second-order valence-electron chi connectivity index (χ2n) is 5.26. The summed E-state index contributed by atoms with van der Waals surface area (Å²) in [5.41, 5.74) is 0. The highest BCUT2D eigenvalue weighted by molar-refractivity contribution is 5.49. The van der Waals surface area contributed by atoms with Crippen molar-refractivity contribution in [2.75, 3.05) is 29.9 Å². The molecule has 2 heterocycles. The van der Waals surface area contributed by atoms with Crippen LogP contribution >= 0.6 is 0 Å². The summed E-state index contributed by atoms with van der Waals surface area (Å²) >= 11 is 0. The normalized spacial score (nSPS) is 19.6. The number of β-amino-alcohol motifs (C(OH)–C–C–N with tert-alkyl or cyclic N) is 1. The van der Waals surface area contributed by atoms with Gasteiger partial charge in [-0.15, -0.1) is 0 Å². The highest BCUT2D eigenvalue weighted by Gasteiger charge is 2.21. The van der Waals surface area contributed by atoms with Gasteiger partial charge in [0.25, 0.3) is 0 Å². The first-order chi connectivity index (χ1) is 8.65. The van der Waals surface area contributed by atoms with Crippen molar-refractivity contribution in [1.29, 1.82) is 0 Å². The van der Waals surface area contributed by atoms with Crippen molar-refractivity contribution in [1.82, 2.24) is 9.97 Å². The van der Waals surface area contributed by atoms with Crippen LogP contribution in [0.1, 0.15) is 26.7 Å². The van der Waals surface area contributed by atoms with E-state index in [1.54, 1.807) is 6.33 Å². The standard InChI is InChI=1S/C13H22N4O/c1-10(2)3-5-14-12-7-13(16-9-15-12)17-6-4-11(18)8-17/h7,9-11,18H,3-6,8H2,1-2H3,(H,14,15,16). The van der Waals surface area contributed by atoms with Gasteiger partial charge in [-0.1, -0.05) is 13.8 Å². The van der Waals surface area contributed by atoms with Gasteiger partial charge in [0.2, 0.25) is 0 Å². The molecule has 2 rings (SSSR count). The number of hydrogen-bond donors (Lipinski definition) is 2. The van der Waals surface area contributed by atoms with E-state index in [0.29, 0.717) is 12.5 Å². The van der Waals surface area contributed by atoms with E-state index in [-0.39, 0.29) is 6.10 Å². The van der Waals surface area contributed by atoms with Crippen LogP contribution in [-0.2, 0) is 0 Å². The lowest BCUT2D eigenvalue weighted by molar-refractivity contribution is 0.198. The van der Waals surface area contributed by atoms with Gasteiger partial charge in [0.15, 0.2) is 0 Å². The SMILES string of the molecule is CC(C)CCNc1cc(N2CCC(O)C2)ncn1. The van der Waals surface area contributed by atoms with E-state index in [9.17, 15) is 5.11 Å². The molecule has 0 saturated carbocycles. The van der Waals surface area contributed by atoms with Gasteiger partial charge in [0, 0.05) is 25.7 Å². The zero-order valence-corrected chi connectivity index (χ0v) is 11.1. The Morgan fingerprint density at radius 2 is 2.33 bits per heavy atom. The molecule has 1 saturated heterocycles. The summed E-state index contributed by atoms with van der Waals surface area (Å²) in [6, 6.07) is 1.96. The Kier molecular flexibility index (Phi) is 4.36. The van der Waals surface area contributed by atoms with Gasteiger partial charge in [-0.2, -0.15) is 0 Å². The van der Waals surface area contributed by atoms with Crippen molar-refractivity contribution in [2.24, 2.45) is 5.92 Å². The molecule has 0 aliphatic carbocycles. The summed E-state index contributed by atoms with van der Waals surface area (Å²) < 4.78 is 0. The molecule has 1 atom stereocenters. The first-order valence-corrected chi connectivity index (χ1v) is 6.64. The predicted molar refractivity (Wildman–Crippen MR) is 72.8 cm³/mol. The van der Waals surface area contributed by atoms with Crippen LogP contribution < -0.4 is 10.2 Å². The van der Waals surface area contributed by atoms with Crippen LogP contribution in [-0.4, -0.2) is 40.8 Å². The number of aliphatic hydroxyl groups excluding tert-OH is 1. The third-order valence-electron chi connectivity index (χ3n) is 3.17. The summed E-state index contributed by atoms with van der Waals surface area (Å²) in [5, 5.41) is 12.8. The third kappa shape index (κ3) is 3.57. The molecule has 100 valence electrons. The van der Waals surface area contributed by atoms with E-state index in [4.69, 9.17) is 0 Å². The molecule has 0 aromatic carbocycles. The molecule has 0 amide bonds. The fraction of sp³-hybridized carbons (Fsp3) is 0.692. The van der Waals surface area contributed by atoms with Gasteiger partial charge in [0.1, 0.15) is 18.0 Å². The molecule has 1 fully saturated rings. The lowest BCUT2D eigenvalue weighted by atomic mass is 10.1. The van der Waals surface area contributed by atoms with E-state index in [2.05, 4.69) is 34.0 Å². The van der Waals surface area contributed by atoms with Crippen LogP contribution in [0.3, 0.4) is 0 Å². The maximum absolute atomic E-state index is 9.53. The van der Waals surface area contributed by atoms with E-state index in [0.717, 1.165) is 37.6 Å². The van der Waals surface area contributed by atoms with Crippen LogP contribution in [0.4, 0.5) is 11.6 Å². The lowest BCUT2D eigenvalue weighted by Gasteiger charge is -2.17. The summed E-state index contributed by atoms with van der Waals surface area (Å²) in [6.45, 7) is 6.88. The van der Waals surface area contributed by atoms with Gasteiger partial charge in [0.05, 0.1) is 6.10 Å². The molecule has 1 unspecified atom stereocenters. The van der Waals surface area contributed by atoms with Gasteiger partial charge in [-0.25, -0.2) is 9.97 Å². The van der Waals surface area contributed by atoms with Crippen molar-refractivity contribution in [3.8, 4) is 0 Å². The second kappa shape index (κ2) is 6.00. The quantitative estimate of drug-likeness (QED) is 0.829. The first kappa shape index (κ1) is 13.1. The molecule has 0 bridgehead atoms. The molecular formula is C13H22N4O. The molecule has 1 aromatic heterocycles. The van der Waals surface area contributed by atoms with E-state index in [1.165, 1.54) is 0 Å². The summed E-state index contributed by atoms with van der Waals surface area (Å²) in [5.74, 6) is 2.45. The number of hydrogen-bond acceptors (Lipinski definition) is 5. The van der Waals surface area contributed by atoms with Crippen LogP contribution in [0.15, 0.2) is 12.4 Å².